The molecular weight excluding hydrogens is 405 g/mol. The minimum absolute atomic E-state index is 0.0230. The number of aryl methyl sites for hydroxylation is 2. The number of carbonyl (C=O) groups is 2. The third-order valence-corrected chi connectivity index (χ3v) is 7.03. The van der Waals surface area contributed by atoms with Crippen LogP contribution in [0.3, 0.4) is 0 Å². The predicted octanol–water partition coefficient (Wildman–Crippen LogP) is 4.40. The maximum Gasteiger partial charge on any atom is 0.253 e. The Morgan fingerprint density at radius 3 is 2.16 bits per heavy atom. The number of hydrogen-bond donors (Lipinski definition) is 1. The molecule has 6 heteroatoms. The van der Waals surface area contributed by atoms with Crippen LogP contribution in [0.2, 0.25) is 0 Å². The maximum atomic E-state index is 13.1. The van der Waals surface area contributed by atoms with E-state index in [1.807, 2.05) is 23.1 Å². The van der Waals surface area contributed by atoms with Gasteiger partial charge in [0.15, 0.2) is 0 Å². The molecule has 5 nitrogen and oxygen atoms in total. The molecule has 1 N–H and O–H groups in total. The second-order valence-electron chi connectivity index (χ2n) is 9.13. The van der Waals surface area contributed by atoms with Crippen molar-refractivity contribution in [2.45, 2.75) is 45.6 Å². The van der Waals surface area contributed by atoms with Crippen LogP contribution in [0.1, 0.15) is 47.2 Å². The molecule has 2 heterocycles. The lowest BCUT2D eigenvalue weighted by Gasteiger charge is -2.41. The van der Waals surface area contributed by atoms with Gasteiger partial charge in [0.05, 0.1) is 0 Å². The van der Waals surface area contributed by atoms with Crippen LogP contribution in [0.4, 0.5) is 10.1 Å². The monoisotopic (exact) mass is 437 g/mol. The smallest absolute Gasteiger partial charge is 0.253 e. The second kappa shape index (κ2) is 9.82. The van der Waals surface area contributed by atoms with Gasteiger partial charge in [-0.3, -0.25) is 9.59 Å². The Hall–Kier alpha value is -2.73. The molecule has 0 aliphatic carbocycles. The van der Waals surface area contributed by atoms with E-state index >= 15 is 0 Å². The summed E-state index contributed by atoms with van der Waals surface area (Å²) in [6.07, 6.45) is 3.61. The first-order valence-electron chi connectivity index (χ1n) is 11.6. The quantitative estimate of drug-likeness (QED) is 0.772. The molecule has 32 heavy (non-hydrogen) atoms. The number of halogens is 1. The highest BCUT2D eigenvalue weighted by Crippen LogP contribution is 2.26. The fraction of sp³-hybridized carbons (Fsp3) is 0.462. The van der Waals surface area contributed by atoms with Gasteiger partial charge < -0.3 is 15.1 Å². The van der Waals surface area contributed by atoms with Crippen molar-refractivity contribution in [2.75, 3.05) is 31.5 Å². The molecule has 0 radical (unpaired) electrons. The number of carbonyl (C=O) groups excluding carboxylic acids is 2. The minimum Gasteiger partial charge on any atom is -0.339 e. The molecule has 0 bridgehead atoms. The molecule has 2 aliphatic heterocycles. The number of nitrogens with one attached hydrogen (secondary N) is 1. The molecular formula is C26H32FN3O2. The van der Waals surface area contributed by atoms with E-state index in [-0.39, 0.29) is 23.5 Å². The van der Waals surface area contributed by atoms with Gasteiger partial charge in [-0.2, -0.15) is 0 Å². The zero-order valence-electron chi connectivity index (χ0n) is 18.9. The van der Waals surface area contributed by atoms with Gasteiger partial charge in [-0.15, -0.1) is 0 Å². The van der Waals surface area contributed by atoms with Crippen LogP contribution in [0.15, 0.2) is 42.5 Å². The van der Waals surface area contributed by atoms with Gasteiger partial charge in [0, 0.05) is 36.3 Å². The number of likely N-dealkylation sites (tertiary alicyclic amines) is 2. The number of rotatable bonds is 4. The largest absolute Gasteiger partial charge is 0.339 e. The molecule has 0 aromatic heterocycles. The van der Waals surface area contributed by atoms with Crippen molar-refractivity contribution in [3.05, 3.63) is 65.0 Å². The van der Waals surface area contributed by atoms with Crippen molar-refractivity contribution in [3.63, 3.8) is 0 Å². The Bertz CT molecular complexity index is 960. The molecule has 170 valence electrons. The Morgan fingerprint density at radius 1 is 0.875 bits per heavy atom. The highest BCUT2D eigenvalue weighted by molar-refractivity contribution is 5.94. The average molecular weight is 438 g/mol. The van der Waals surface area contributed by atoms with Gasteiger partial charge in [0.2, 0.25) is 5.91 Å². The number of piperidine rings is 2. The van der Waals surface area contributed by atoms with Gasteiger partial charge in [-0.05, 0) is 100 Å². The first-order chi connectivity index (χ1) is 15.4. The minimum atomic E-state index is -0.327. The molecule has 0 unspecified atom stereocenters. The molecule has 2 aliphatic rings. The Kier molecular flexibility index (Phi) is 6.89. The summed E-state index contributed by atoms with van der Waals surface area (Å²) < 4.78 is 13.1. The van der Waals surface area contributed by atoms with Gasteiger partial charge in [-0.25, -0.2) is 4.39 Å². The van der Waals surface area contributed by atoms with Crippen LogP contribution in [-0.4, -0.2) is 53.8 Å². The van der Waals surface area contributed by atoms with Crippen LogP contribution in [0, 0.1) is 25.6 Å². The van der Waals surface area contributed by atoms with Crippen molar-refractivity contribution in [2.24, 2.45) is 5.92 Å². The summed E-state index contributed by atoms with van der Waals surface area (Å²) in [5.74, 6) is -0.183. The fourth-order valence-corrected chi connectivity index (χ4v) is 4.80. The summed E-state index contributed by atoms with van der Waals surface area (Å²) in [5.41, 5.74) is 3.82. The van der Waals surface area contributed by atoms with Crippen LogP contribution >= 0.6 is 0 Å². The Labute approximate surface area is 189 Å². The lowest BCUT2D eigenvalue weighted by Crippen LogP contribution is -2.49. The van der Waals surface area contributed by atoms with Gasteiger partial charge in [0.25, 0.3) is 5.91 Å². The zero-order valence-corrected chi connectivity index (χ0v) is 18.9. The third kappa shape index (κ3) is 5.18. The Morgan fingerprint density at radius 2 is 1.53 bits per heavy atom. The highest BCUT2D eigenvalue weighted by atomic mass is 19.1. The number of benzene rings is 2. The summed E-state index contributed by atoms with van der Waals surface area (Å²) in [4.78, 5) is 29.7. The van der Waals surface area contributed by atoms with Crippen LogP contribution in [-0.2, 0) is 4.79 Å². The highest BCUT2D eigenvalue weighted by Gasteiger charge is 2.32. The molecule has 2 amide bonds. The van der Waals surface area contributed by atoms with E-state index in [1.165, 1.54) is 23.3 Å². The average Bonchev–Trinajstić information content (AvgIpc) is 2.82. The van der Waals surface area contributed by atoms with Crippen molar-refractivity contribution in [1.82, 2.24) is 9.80 Å². The van der Waals surface area contributed by atoms with Crippen LogP contribution in [0.5, 0.6) is 0 Å². The molecule has 2 aromatic rings. The molecule has 2 saturated heterocycles. The van der Waals surface area contributed by atoms with E-state index in [1.54, 1.807) is 12.1 Å². The molecule has 4 rings (SSSR count). The van der Waals surface area contributed by atoms with Crippen molar-refractivity contribution < 1.29 is 14.0 Å². The number of hydrogen-bond acceptors (Lipinski definition) is 3. The molecule has 2 aromatic carbocycles. The molecule has 0 saturated carbocycles. The van der Waals surface area contributed by atoms with Gasteiger partial charge in [0.1, 0.15) is 5.82 Å². The topological polar surface area (TPSA) is 52.7 Å². The van der Waals surface area contributed by atoms with Gasteiger partial charge in [-0.1, -0.05) is 6.07 Å². The van der Waals surface area contributed by atoms with Crippen LogP contribution < -0.4 is 5.32 Å². The summed E-state index contributed by atoms with van der Waals surface area (Å²) in [6, 6.07) is 12.3. The molecule has 0 atom stereocenters. The van der Waals surface area contributed by atoms with E-state index in [0.29, 0.717) is 24.7 Å². The standard InChI is InChI=1S/C26H32FN3O2/c1-18-3-8-23(17-19(18)2)28-25(31)20-9-13-29(14-10-20)24-11-15-30(16-12-24)26(32)21-4-6-22(27)7-5-21/h3-8,17,20,24H,9-16H2,1-2H3,(H,28,31). The van der Waals surface area contributed by atoms with Gasteiger partial charge >= 0.3 is 0 Å². The number of nitrogens with zero attached hydrogens (tertiary/aromatic N) is 2. The third-order valence-electron chi connectivity index (χ3n) is 7.03. The predicted molar refractivity (Wildman–Crippen MR) is 124 cm³/mol. The second-order valence-corrected chi connectivity index (χ2v) is 9.13. The number of anilines is 1. The van der Waals surface area contributed by atoms with Crippen LogP contribution in [0.25, 0.3) is 0 Å². The first kappa shape index (κ1) is 22.5. The molecule has 2 fully saturated rings. The lowest BCUT2D eigenvalue weighted by molar-refractivity contribution is -0.121. The van der Waals surface area contributed by atoms with E-state index in [4.69, 9.17) is 0 Å². The van der Waals surface area contributed by atoms with Crippen molar-refractivity contribution >= 4 is 17.5 Å². The van der Waals surface area contributed by atoms with E-state index in [2.05, 4.69) is 24.1 Å². The Balaban J connectivity index is 1.23. The van der Waals surface area contributed by atoms with Crippen molar-refractivity contribution in [3.8, 4) is 0 Å². The summed E-state index contributed by atoms with van der Waals surface area (Å²) >= 11 is 0. The summed E-state index contributed by atoms with van der Waals surface area (Å²) in [6.45, 7) is 7.40. The zero-order chi connectivity index (χ0) is 22.7. The summed E-state index contributed by atoms with van der Waals surface area (Å²) in [5, 5.41) is 3.09. The lowest BCUT2D eigenvalue weighted by atomic mass is 9.92. The first-order valence-corrected chi connectivity index (χ1v) is 11.6. The molecule has 0 spiro atoms. The SMILES string of the molecule is Cc1ccc(NC(=O)C2CCN(C3CCN(C(=O)c4ccc(F)cc4)CC3)CC2)cc1C. The summed E-state index contributed by atoms with van der Waals surface area (Å²) in [7, 11) is 0. The fourth-order valence-electron chi connectivity index (χ4n) is 4.80. The van der Waals surface area contributed by atoms with E-state index in [9.17, 15) is 14.0 Å². The van der Waals surface area contributed by atoms with Crippen molar-refractivity contribution in [1.29, 1.82) is 0 Å². The normalized spacial score (nSPS) is 18.5. The van der Waals surface area contributed by atoms with E-state index < -0.39 is 0 Å². The van der Waals surface area contributed by atoms with E-state index in [0.717, 1.165) is 44.5 Å². The maximum absolute atomic E-state index is 13.1. The number of amides is 2.